The van der Waals surface area contributed by atoms with Crippen LogP contribution in [0.4, 0.5) is 0 Å². The lowest BCUT2D eigenvalue weighted by Gasteiger charge is -2.25. The third kappa shape index (κ3) is 3.13. The topological polar surface area (TPSA) is 65.2 Å². The van der Waals surface area contributed by atoms with Crippen molar-refractivity contribution in [3.05, 3.63) is 18.0 Å². The Morgan fingerprint density at radius 3 is 2.61 bits per heavy atom. The lowest BCUT2D eigenvalue weighted by molar-refractivity contribution is 0.342. The maximum atomic E-state index is 12.5. The van der Waals surface area contributed by atoms with Crippen molar-refractivity contribution in [1.29, 1.82) is 0 Å². The van der Waals surface area contributed by atoms with Gasteiger partial charge in [0.05, 0.1) is 4.90 Å². The van der Waals surface area contributed by atoms with E-state index in [9.17, 15) is 8.42 Å². The molecule has 0 fully saturated rings. The lowest BCUT2D eigenvalue weighted by atomic mass is 10.3. The van der Waals surface area contributed by atoms with Gasteiger partial charge in [-0.2, -0.15) is 4.31 Å². The Bertz CT molecular complexity index is 467. The first-order valence-corrected chi connectivity index (χ1v) is 7.75. The van der Waals surface area contributed by atoms with Crippen LogP contribution >= 0.6 is 0 Å². The van der Waals surface area contributed by atoms with Gasteiger partial charge in [0, 0.05) is 31.0 Å². The van der Waals surface area contributed by atoms with Crippen molar-refractivity contribution >= 4 is 10.0 Å². The van der Waals surface area contributed by atoms with Crippen LogP contribution in [0.25, 0.3) is 0 Å². The molecule has 1 atom stereocenters. The van der Waals surface area contributed by atoms with Crippen molar-refractivity contribution in [2.75, 3.05) is 13.6 Å². The second kappa shape index (κ2) is 6.36. The molecule has 0 amide bonds. The summed E-state index contributed by atoms with van der Waals surface area (Å²) in [5, 5.41) is 2.99. The number of aromatic amines is 1. The number of nitrogens with one attached hydrogen (secondary N) is 2. The van der Waals surface area contributed by atoms with Gasteiger partial charge in [0.1, 0.15) is 0 Å². The van der Waals surface area contributed by atoms with Crippen molar-refractivity contribution in [2.24, 2.45) is 0 Å². The Hall–Kier alpha value is -0.850. The van der Waals surface area contributed by atoms with E-state index in [-0.39, 0.29) is 6.04 Å². The van der Waals surface area contributed by atoms with E-state index in [1.165, 1.54) is 0 Å². The molecular weight excluding hydrogens is 250 g/mol. The van der Waals surface area contributed by atoms with Crippen LogP contribution in [0, 0.1) is 0 Å². The van der Waals surface area contributed by atoms with E-state index in [1.54, 1.807) is 16.6 Å². The molecule has 6 heteroatoms. The van der Waals surface area contributed by atoms with E-state index in [2.05, 4.69) is 10.3 Å². The van der Waals surface area contributed by atoms with Crippen molar-refractivity contribution in [3.8, 4) is 0 Å². The normalized spacial score (nSPS) is 14.1. The number of hydrogen-bond donors (Lipinski definition) is 2. The average molecular weight is 273 g/mol. The highest BCUT2D eigenvalue weighted by Crippen LogP contribution is 2.20. The average Bonchev–Trinajstić information content (AvgIpc) is 2.79. The molecule has 0 aromatic carbocycles. The first kappa shape index (κ1) is 15.2. The molecule has 0 aliphatic heterocycles. The summed E-state index contributed by atoms with van der Waals surface area (Å²) in [5.74, 6) is 0. The minimum Gasteiger partial charge on any atom is -0.363 e. The lowest BCUT2D eigenvalue weighted by Crippen LogP contribution is -2.37. The number of rotatable bonds is 7. The van der Waals surface area contributed by atoms with E-state index in [1.807, 2.05) is 27.8 Å². The molecule has 0 saturated heterocycles. The van der Waals surface area contributed by atoms with Gasteiger partial charge < -0.3 is 10.3 Å². The molecule has 0 radical (unpaired) electrons. The molecule has 18 heavy (non-hydrogen) atoms. The van der Waals surface area contributed by atoms with Crippen molar-refractivity contribution in [2.45, 2.75) is 44.7 Å². The number of hydrogen-bond acceptors (Lipinski definition) is 3. The first-order chi connectivity index (χ1) is 8.47. The highest BCUT2D eigenvalue weighted by atomic mass is 32.2. The monoisotopic (exact) mass is 273 g/mol. The summed E-state index contributed by atoms with van der Waals surface area (Å²) in [6.45, 7) is 6.91. The zero-order valence-electron chi connectivity index (χ0n) is 11.5. The third-order valence-corrected chi connectivity index (χ3v) is 5.15. The van der Waals surface area contributed by atoms with Crippen molar-refractivity contribution < 1.29 is 8.42 Å². The Morgan fingerprint density at radius 1 is 1.44 bits per heavy atom. The first-order valence-electron chi connectivity index (χ1n) is 6.31. The van der Waals surface area contributed by atoms with Gasteiger partial charge in [0.15, 0.2) is 0 Å². The van der Waals surface area contributed by atoms with E-state index >= 15 is 0 Å². The predicted molar refractivity (Wildman–Crippen MR) is 72.9 cm³/mol. The summed E-state index contributed by atoms with van der Waals surface area (Å²) in [4.78, 5) is 3.32. The maximum absolute atomic E-state index is 12.5. The largest absolute Gasteiger partial charge is 0.363 e. The van der Waals surface area contributed by atoms with Gasteiger partial charge in [-0.25, -0.2) is 8.42 Å². The Kier molecular flexibility index (Phi) is 5.37. The number of nitrogens with zero attached hydrogens (tertiary/aromatic N) is 1. The minimum absolute atomic E-state index is 0.0163. The summed E-state index contributed by atoms with van der Waals surface area (Å²) in [7, 11) is -1.56. The molecule has 1 heterocycles. The smallest absolute Gasteiger partial charge is 0.244 e. The van der Waals surface area contributed by atoms with Gasteiger partial charge in [-0.3, -0.25) is 0 Å². The van der Waals surface area contributed by atoms with Crippen LogP contribution in [-0.2, 0) is 16.6 Å². The van der Waals surface area contributed by atoms with Crippen LogP contribution in [0.2, 0.25) is 0 Å². The Balaban J connectivity index is 3.03. The summed E-state index contributed by atoms with van der Waals surface area (Å²) in [6.07, 6.45) is 2.37. The van der Waals surface area contributed by atoms with Crippen LogP contribution < -0.4 is 5.32 Å². The van der Waals surface area contributed by atoms with Crippen LogP contribution in [-0.4, -0.2) is 37.3 Å². The van der Waals surface area contributed by atoms with Crippen LogP contribution in [0.3, 0.4) is 0 Å². The number of H-pyrrole nitrogens is 1. The fraction of sp³-hybridized carbons (Fsp3) is 0.667. The standard InChI is InChI=1S/C12H23N3O2S/c1-5-10(3)15(6-2)18(16,17)12-7-11(8-13-4)14-9-12/h7,9-10,13-14H,5-6,8H2,1-4H3. The van der Waals surface area contributed by atoms with E-state index in [0.29, 0.717) is 18.0 Å². The second-order valence-electron chi connectivity index (χ2n) is 4.36. The van der Waals surface area contributed by atoms with Gasteiger partial charge in [-0.1, -0.05) is 13.8 Å². The third-order valence-electron chi connectivity index (χ3n) is 3.08. The molecule has 0 spiro atoms. The second-order valence-corrected chi connectivity index (χ2v) is 6.25. The maximum Gasteiger partial charge on any atom is 0.244 e. The molecule has 0 saturated carbocycles. The molecule has 5 nitrogen and oxygen atoms in total. The SMILES string of the molecule is CCC(C)N(CC)S(=O)(=O)c1c[nH]c(CNC)c1. The highest BCUT2D eigenvalue weighted by Gasteiger charge is 2.27. The molecule has 0 aliphatic carbocycles. The molecule has 2 N–H and O–H groups in total. The fourth-order valence-electron chi connectivity index (χ4n) is 1.92. The summed E-state index contributed by atoms with van der Waals surface area (Å²) >= 11 is 0. The quantitative estimate of drug-likeness (QED) is 0.792. The minimum atomic E-state index is -3.39. The van der Waals surface area contributed by atoms with Gasteiger partial charge in [-0.15, -0.1) is 0 Å². The molecule has 0 aliphatic rings. The zero-order chi connectivity index (χ0) is 13.8. The van der Waals surface area contributed by atoms with Crippen LogP contribution in [0.5, 0.6) is 0 Å². The highest BCUT2D eigenvalue weighted by molar-refractivity contribution is 7.89. The van der Waals surface area contributed by atoms with Gasteiger partial charge in [0.25, 0.3) is 0 Å². The molecule has 104 valence electrons. The summed E-state index contributed by atoms with van der Waals surface area (Å²) in [5.41, 5.74) is 0.872. The van der Waals surface area contributed by atoms with E-state index < -0.39 is 10.0 Å². The van der Waals surface area contributed by atoms with Gasteiger partial charge >= 0.3 is 0 Å². The predicted octanol–water partition coefficient (Wildman–Crippen LogP) is 1.54. The molecule has 1 aromatic heterocycles. The van der Waals surface area contributed by atoms with Crippen LogP contribution in [0.1, 0.15) is 32.9 Å². The van der Waals surface area contributed by atoms with Gasteiger partial charge in [-0.05, 0) is 26.5 Å². The van der Waals surface area contributed by atoms with Gasteiger partial charge in [0.2, 0.25) is 10.0 Å². The summed E-state index contributed by atoms with van der Waals surface area (Å²) in [6, 6.07) is 1.71. The van der Waals surface area contributed by atoms with E-state index in [0.717, 1.165) is 12.1 Å². The molecule has 0 bridgehead atoms. The van der Waals surface area contributed by atoms with Crippen LogP contribution in [0.15, 0.2) is 17.2 Å². The Morgan fingerprint density at radius 2 is 2.11 bits per heavy atom. The fourth-order valence-corrected chi connectivity index (χ4v) is 3.65. The van der Waals surface area contributed by atoms with Crippen molar-refractivity contribution in [3.63, 3.8) is 0 Å². The number of sulfonamides is 1. The number of aromatic nitrogens is 1. The molecular formula is C12H23N3O2S. The molecule has 1 rings (SSSR count). The van der Waals surface area contributed by atoms with Crippen molar-refractivity contribution in [1.82, 2.24) is 14.6 Å². The van der Waals surface area contributed by atoms with E-state index in [4.69, 9.17) is 0 Å². The summed E-state index contributed by atoms with van der Waals surface area (Å²) < 4.78 is 26.5. The molecule has 1 unspecified atom stereocenters. The molecule has 1 aromatic rings. The Labute approximate surface area is 110 Å². The zero-order valence-corrected chi connectivity index (χ0v) is 12.3.